The van der Waals surface area contributed by atoms with Gasteiger partial charge in [0.15, 0.2) is 0 Å². The van der Waals surface area contributed by atoms with Crippen LogP contribution in [0.1, 0.15) is 0 Å². The monoisotopic (exact) mass is 131 g/mol. The Bertz CT molecular complexity index is 349. The highest BCUT2D eigenvalue weighted by molar-refractivity contribution is 5.54. The molecule has 0 saturated heterocycles. The van der Waals surface area contributed by atoms with E-state index in [2.05, 4.69) is 0 Å². The molecule has 10 heavy (non-hydrogen) atoms. The van der Waals surface area contributed by atoms with Gasteiger partial charge in [0, 0.05) is 11.7 Å². The van der Waals surface area contributed by atoms with Crippen molar-refractivity contribution in [3.63, 3.8) is 0 Å². The summed E-state index contributed by atoms with van der Waals surface area (Å²) in [6, 6.07) is 9.59. The highest BCUT2D eigenvalue weighted by Crippen LogP contribution is 2.11. The van der Waals surface area contributed by atoms with Crippen LogP contribution in [0, 0.1) is 0 Å². The summed E-state index contributed by atoms with van der Waals surface area (Å²) in [5, 5.41) is 0. The summed E-state index contributed by atoms with van der Waals surface area (Å²) < 4.78 is 1.83. The summed E-state index contributed by atoms with van der Waals surface area (Å²) in [5.41, 5.74) is 8.48. The molecular weight excluding hydrogens is 124 g/mol. The fraction of sp³-hybridized carbons (Fsp3) is 0. The predicted octanol–water partition coefficient (Wildman–Crippen LogP) is 1.85. The molecule has 0 aromatic carbocycles. The predicted molar refractivity (Wildman–Crippen MR) is 40.2 cm³/mol. The summed E-state index contributed by atoms with van der Waals surface area (Å²) in [5.74, 6) is 0.538. The fourth-order valence-corrected chi connectivity index (χ4v) is 1.06. The maximum atomic E-state index is 7.41. The largest absolute Gasteiger partial charge is 0.302 e. The van der Waals surface area contributed by atoms with Crippen molar-refractivity contribution in [2.45, 2.75) is 0 Å². The Morgan fingerprint density at radius 3 is 2.80 bits per heavy atom. The maximum absolute atomic E-state index is 7.41. The lowest BCUT2D eigenvalue weighted by Gasteiger charge is -1.92. The number of rotatable bonds is 0. The van der Waals surface area contributed by atoms with Crippen LogP contribution in [0.15, 0.2) is 36.5 Å². The zero-order chi connectivity index (χ0) is 6.97. The Morgan fingerprint density at radius 1 is 1.10 bits per heavy atom. The van der Waals surface area contributed by atoms with Gasteiger partial charge in [0.25, 0.3) is 0 Å². The molecule has 0 unspecified atom stereocenters. The molecule has 0 atom stereocenters. The van der Waals surface area contributed by atoms with Crippen molar-refractivity contribution in [2.75, 3.05) is 0 Å². The van der Waals surface area contributed by atoms with E-state index in [1.807, 2.05) is 34.9 Å². The third-order valence-electron chi connectivity index (χ3n) is 1.56. The first-order chi connectivity index (χ1) is 4.88. The second kappa shape index (κ2) is 1.77. The standard InChI is InChI=1S/C8H7N2/c9-8-5-4-7-3-1-2-6-10(7)8/h1-6,9H. The lowest BCUT2D eigenvalue weighted by molar-refractivity contribution is 1.16. The average molecular weight is 131 g/mol. The quantitative estimate of drug-likeness (QED) is 0.522. The van der Waals surface area contributed by atoms with Crippen LogP contribution >= 0.6 is 0 Å². The van der Waals surface area contributed by atoms with Gasteiger partial charge in [0.2, 0.25) is 0 Å². The van der Waals surface area contributed by atoms with Crippen molar-refractivity contribution >= 4 is 11.3 Å². The van der Waals surface area contributed by atoms with E-state index in [0.29, 0.717) is 5.82 Å². The summed E-state index contributed by atoms with van der Waals surface area (Å²) in [7, 11) is 0. The lowest BCUT2D eigenvalue weighted by Crippen LogP contribution is -1.80. The second-order valence-corrected chi connectivity index (χ2v) is 2.21. The highest BCUT2D eigenvalue weighted by Gasteiger charge is 1.93. The van der Waals surface area contributed by atoms with E-state index in [9.17, 15) is 0 Å². The van der Waals surface area contributed by atoms with Gasteiger partial charge in [-0.25, -0.2) is 0 Å². The van der Waals surface area contributed by atoms with E-state index in [1.165, 1.54) is 0 Å². The van der Waals surface area contributed by atoms with Crippen LogP contribution in [-0.2, 0) is 0 Å². The molecule has 0 amide bonds. The van der Waals surface area contributed by atoms with E-state index >= 15 is 0 Å². The molecule has 0 aliphatic heterocycles. The van der Waals surface area contributed by atoms with Gasteiger partial charge in [0.05, 0.1) is 0 Å². The number of fused-ring (bicyclic) bond motifs is 1. The van der Waals surface area contributed by atoms with Gasteiger partial charge in [0.1, 0.15) is 5.82 Å². The molecule has 0 aliphatic carbocycles. The molecule has 49 valence electrons. The van der Waals surface area contributed by atoms with E-state index in [4.69, 9.17) is 5.73 Å². The number of hydrogen-bond acceptors (Lipinski definition) is 0. The van der Waals surface area contributed by atoms with Gasteiger partial charge in [-0.15, -0.1) is 0 Å². The third-order valence-corrected chi connectivity index (χ3v) is 1.56. The average Bonchev–Trinajstić information content (AvgIpc) is 2.34. The van der Waals surface area contributed by atoms with Gasteiger partial charge in [-0.2, -0.15) is 0 Å². The second-order valence-electron chi connectivity index (χ2n) is 2.21. The van der Waals surface area contributed by atoms with Gasteiger partial charge in [-0.05, 0) is 24.3 Å². The normalized spacial score (nSPS) is 10.4. The molecule has 1 N–H and O–H groups in total. The minimum absolute atomic E-state index is 0.538. The van der Waals surface area contributed by atoms with Gasteiger partial charge in [-0.3, -0.25) is 5.73 Å². The molecular formula is C8H7N2. The maximum Gasteiger partial charge on any atom is 0.129 e. The van der Waals surface area contributed by atoms with Gasteiger partial charge in [-0.1, -0.05) is 6.07 Å². The van der Waals surface area contributed by atoms with Crippen molar-refractivity contribution in [1.82, 2.24) is 10.1 Å². The first-order valence-corrected chi connectivity index (χ1v) is 3.15. The summed E-state index contributed by atoms with van der Waals surface area (Å²) in [6.07, 6.45) is 1.89. The van der Waals surface area contributed by atoms with Crippen LogP contribution in [0.25, 0.3) is 5.52 Å². The molecule has 0 aliphatic rings. The van der Waals surface area contributed by atoms with Gasteiger partial charge < -0.3 is 4.40 Å². The Morgan fingerprint density at radius 2 is 2.00 bits per heavy atom. The third kappa shape index (κ3) is 0.589. The zero-order valence-electron chi connectivity index (χ0n) is 5.41. The van der Waals surface area contributed by atoms with Crippen molar-refractivity contribution in [3.05, 3.63) is 36.5 Å². The number of hydrogen-bond donors (Lipinski definition) is 0. The number of nitrogens with one attached hydrogen (secondary N) is 1. The smallest absolute Gasteiger partial charge is 0.129 e. The van der Waals surface area contributed by atoms with Crippen LogP contribution in [0.3, 0.4) is 0 Å². The molecule has 1 radical (unpaired) electrons. The molecule has 2 rings (SSSR count). The molecule has 2 nitrogen and oxygen atoms in total. The number of pyridine rings is 1. The Labute approximate surface area is 58.9 Å². The van der Waals surface area contributed by atoms with E-state index in [1.54, 1.807) is 6.07 Å². The van der Waals surface area contributed by atoms with Crippen LogP contribution in [0.2, 0.25) is 0 Å². The van der Waals surface area contributed by atoms with Crippen LogP contribution < -0.4 is 5.73 Å². The molecule has 0 spiro atoms. The van der Waals surface area contributed by atoms with Crippen LogP contribution in [0.5, 0.6) is 0 Å². The number of nitrogens with zero attached hydrogens (tertiary/aromatic N) is 1. The first-order valence-electron chi connectivity index (χ1n) is 3.15. The molecule has 2 aromatic heterocycles. The minimum Gasteiger partial charge on any atom is -0.302 e. The molecule has 2 heterocycles. The summed E-state index contributed by atoms with van der Waals surface area (Å²) >= 11 is 0. The van der Waals surface area contributed by atoms with Crippen molar-refractivity contribution in [2.24, 2.45) is 0 Å². The lowest BCUT2D eigenvalue weighted by atomic mass is 10.4. The molecule has 0 fully saturated rings. The van der Waals surface area contributed by atoms with E-state index in [0.717, 1.165) is 5.52 Å². The fourth-order valence-electron chi connectivity index (χ4n) is 1.06. The van der Waals surface area contributed by atoms with Crippen LogP contribution in [-0.4, -0.2) is 4.40 Å². The van der Waals surface area contributed by atoms with Crippen LogP contribution in [0.4, 0.5) is 5.82 Å². The molecule has 2 heteroatoms. The van der Waals surface area contributed by atoms with E-state index < -0.39 is 0 Å². The Hall–Kier alpha value is -1.44. The zero-order valence-corrected chi connectivity index (χ0v) is 5.41. The SMILES string of the molecule is [NH]c1ccc2ccccn12. The Kier molecular flexibility index (Phi) is 0.947. The molecule has 0 saturated carbocycles. The van der Waals surface area contributed by atoms with Crippen molar-refractivity contribution < 1.29 is 0 Å². The van der Waals surface area contributed by atoms with E-state index in [-0.39, 0.29) is 0 Å². The van der Waals surface area contributed by atoms with Crippen molar-refractivity contribution in [3.8, 4) is 0 Å². The minimum atomic E-state index is 0.538. The van der Waals surface area contributed by atoms with Crippen molar-refractivity contribution in [1.29, 1.82) is 0 Å². The summed E-state index contributed by atoms with van der Waals surface area (Å²) in [4.78, 5) is 0. The highest BCUT2D eigenvalue weighted by atomic mass is 15.0. The Balaban J connectivity index is 2.93. The van der Waals surface area contributed by atoms with Gasteiger partial charge >= 0.3 is 0 Å². The molecule has 2 aromatic rings. The number of aromatic nitrogens is 1. The first kappa shape index (κ1) is 5.35. The summed E-state index contributed by atoms with van der Waals surface area (Å²) in [6.45, 7) is 0. The topological polar surface area (TPSA) is 28.2 Å². The molecule has 0 bridgehead atoms.